The minimum absolute atomic E-state index is 0.0440. The molecular weight excluding hydrogens is 316 g/mol. The molecule has 0 radical (unpaired) electrons. The van der Waals surface area contributed by atoms with Gasteiger partial charge in [-0.3, -0.25) is 14.9 Å². The van der Waals surface area contributed by atoms with Gasteiger partial charge in [-0.2, -0.15) is 0 Å². The molecule has 0 saturated heterocycles. The third kappa shape index (κ3) is 3.72. The van der Waals surface area contributed by atoms with Gasteiger partial charge in [-0.25, -0.2) is 0 Å². The van der Waals surface area contributed by atoms with Crippen LogP contribution in [-0.2, 0) is 0 Å². The van der Waals surface area contributed by atoms with Gasteiger partial charge in [-0.05, 0) is 43.3 Å². The van der Waals surface area contributed by atoms with E-state index >= 15 is 0 Å². The van der Waals surface area contributed by atoms with Crippen molar-refractivity contribution >= 4 is 17.5 Å². The van der Waals surface area contributed by atoms with Crippen molar-refractivity contribution in [3.63, 3.8) is 0 Å². The highest BCUT2D eigenvalue weighted by atomic mass is 16.6. The van der Waals surface area contributed by atoms with Crippen molar-refractivity contribution in [1.82, 2.24) is 4.57 Å². The summed E-state index contributed by atoms with van der Waals surface area (Å²) in [6, 6.07) is 17.4. The number of carbonyl (C=O) groups is 1. The molecule has 0 amide bonds. The van der Waals surface area contributed by atoms with Crippen LogP contribution < -0.4 is 0 Å². The Hall–Kier alpha value is -3.47. The fourth-order valence-corrected chi connectivity index (χ4v) is 2.48. The number of ketones is 1. The smallest absolute Gasteiger partial charge is 0.269 e. The molecule has 1 aromatic heterocycles. The van der Waals surface area contributed by atoms with E-state index in [1.165, 1.54) is 18.2 Å². The average molecular weight is 332 g/mol. The molecule has 3 aromatic rings. The van der Waals surface area contributed by atoms with Gasteiger partial charge in [0.1, 0.15) is 0 Å². The molecule has 0 fully saturated rings. The number of hydrogen-bond donors (Lipinski definition) is 0. The fraction of sp³-hybridized carbons (Fsp3) is 0.0500. The van der Waals surface area contributed by atoms with E-state index in [4.69, 9.17) is 0 Å². The lowest BCUT2D eigenvalue weighted by Gasteiger charge is -2.06. The first-order chi connectivity index (χ1) is 12.0. The van der Waals surface area contributed by atoms with Crippen LogP contribution in [0.1, 0.15) is 21.6 Å². The molecule has 1 heterocycles. The Morgan fingerprint density at radius 3 is 2.36 bits per heavy atom. The largest absolute Gasteiger partial charge is 0.317 e. The minimum Gasteiger partial charge on any atom is -0.317 e. The highest BCUT2D eigenvalue weighted by molar-refractivity contribution is 6.06. The lowest BCUT2D eigenvalue weighted by atomic mass is 10.1. The number of non-ortho nitro benzene ring substituents is 1. The molecule has 2 aromatic carbocycles. The summed E-state index contributed by atoms with van der Waals surface area (Å²) in [5.74, 6) is -0.0727. The van der Waals surface area contributed by atoms with Crippen LogP contribution in [0.4, 0.5) is 5.69 Å². The lowest BCUT2D eigenvalue weighted by molar-refractivity contribution is -0.384. The van der Waals surface area contributed by atoms with Crippen molar-refractivity contribution in [2.75, 3.05) is 0 Å². The number of carbonyl (C=O) groups excluding carboxylic acids is 1. The molecule has 0 unspecified atom stereocenters. The first-order valence-corrected chi connectivity index (χ1v) is 7.76. The van der Waals surface area contributed by atoms with Gasteiger partial charge >= 0.3 is 0 Å². The summed E-state index contributed by atoms with van der Waals surface area (Å²) >= 11 is 0. The van der Waals surface area contributed by atoms with E-state index in [-0.39, 0.29) is 11.5 Å². The monoisotopic (exact) mass is 332 g/mol. The van der Waals surface area contributed by atoms with Crippen molar-refractivity contribution in [1.29, 1.82) is 0 Å². The molecule has 5 heteroatoms. The fourth-order valence-electron chi connectivity index (χ4n) is 2.48. The van der Waals surface area contributed by atoms with Crippen molar-refractivity contribution in [2.45, 2.75) is 6.92 Å². The molecule has 0 aliphatic heterocycles. The van der Waals surface area contributed by atoms with E-state index in [1.807, 2.05) is 42.0 Å². The average Bonchev–Trinajstić information content (AvgIpc) is 3.09. The zero-order valence-electron chi connectivity index (χ0n) is 13.6. The third-order valence-electron chi connectivity index (χ3n) is 3.86. The van der Waals surface area contributed by atoms with Crippen LogP contribution in [0.25, 0.3) is 11.8 Å². The number of nitro benzene ring substituents is 1. The van der Waals surface area contributed by atoms with E-state index in [0.717, 1.165) is 16.9 Å². The maximum absolute atomic E-state index is 12.2. The highest BCUT2D eigenvalue weighted by Gasteiger charge is 2.07. The minimum atomic E-state index is -0.430. The van der Waals surface area contributed by atoms with Crippen molar-refractivity contribution < 1.29 is 9.72 Å². The second-order valence-electron chi connectivity index (χ2n) is 5.64. The van der Waals surface area contributed by atoms with Crippen molar-refractivity contribution in [3.8, 4) is 5.69 Å². The van der Waals surface area contributed by atoms with Crippen LogP contribution in [0.5, 0.6) is 0 Å². The molecule has 0 atom stereocenters. The van der Waals surface area contributed by atoms with Gasteiger partial charge in [0.2, 0.25) is 0 Å². The van der Waals surface area contributed by atoms with Gasteiger partial charge < -0.3 is 4.57 Å². The van der Waals surface area contributed by atoms with E-state index in [1.54, 1.807) is 30.3 Å². The van der Waals surface area contributed by atoms with E-state index in [9.17, 15) is 14.9 Å². The van der Waals surface area contributed by atoms with Gasteiger partial charge in [0.15, 0.2) is 5.78 Å². The van der Waals surface area contributed by atoms with E-state index < -0.39 is 4.92 Å². The number of nitrogens with zero attached hydrogens (tertiary/aromatic N) is 2. The predicted molar refractivity (Wildman–Crippen MR) is 97.0 cm³/mol. The summed E-state index contributed by atoms with van der Waals surface area (Å²) in [6.07, 6.45) is 5.11. The molecule has 25 heavy (non-hydrogen) atoms. The van der Waals surface area contributed by atoms with E-state index in [0.29, 0.717) is 5.56 Å². The number of rotatable bonds is 5. The second-order valence-corrected chi connectivity index (χ2v) is 5.64. The Labute approximate surface area is 145 Å². The molecule has 0 aliphatic carbocycles. The Morgan fingerprint density at radius 2 is 1.72 bits per heavy atom. The topological polar surface area (TPSA) is 65.1 Å². The van der Waals surface area contributed by atoms with Gasteiger partial charge in [0.25, 0.3) is 5.69 Å². The highest BCUT2D eigenvalue weighted by Crippen LogP contribution is 2.18. The summed E-state index contributed by atoms with van der Waals surface area (Å²) in [5, 5.41) is 10.7. The van der Waals surface area contributed by atoms with Crippen LogP contribution in [-0.4, -0.2) is 15.3 Å². The summed E-state index contributed by atoms with van der Waals surface area (Å²) in [4.78, 5) is 22.6. The summed E-state index contributed by atoms with van der Waals surface area (Å²) in [7, 11) is 0. The lowest BCUT2D eigenvalue weighted by Crippen LogP contribution is -1.97. The second kappa shape index (κ2) is 6.97. The SMILES string of the molecule is Cc1ccc(C(=O)/C=C/c2cccn2-c2ccc([N+](=O)[O-])cc2)cc1. The van der Waals surface area contributed by atoms with Crippen LogP contribution >= 0.6 is 0 Å². The molecule has 124 valence electrons. The Morgan fingerprint density at radius 1 is 1.04 bits per heavy atom. The predicted octanol–water partition coefficient (Wildman–Crippen LogP) is 4.59. The Kier molecular flexibility index (Phi) is 4.57. The number of benzene rings is 2. The molecule has 0 bridgehead atoms. The maximum Gasteiger partial charge on any atom is 0.269 e. The quantitative estimate of drug-likeness (QED) is 0.297. The van der Waals surface area contributed by atoms with E-state index in [2.05, 4.69) is 0 Å². The van der Waals surface area contributed by atoms with Gasteiger partial charge in [0.05, 0.1) is 4.92 Å². The number of hydrogen-bond acceptors (Lipinski definition) is 3. The summed E-state index contributed by atoms with van der Waals surface area (Å²) in [6.45, 7) is 1.97. The number of aromatic nitrogens is 1. The first kappa shape index (κ1) is 16.4. The summed E-state index contributed by atoms with van der Waals surface area (Å²) < 4.78 is 1.86. The maximum atomic E-state index is 12.2. The van der Waals surface area contributed by atoms with Crippen molar-refractivity contribution in [2.24, 2.45) is 0 Å². The molecular formula is C20H16N2O3. The third-order valence-corrected chi connectivity index (χ3v) is 3.86. The molecule has 5 nitrogen and oxygen atoms in total. The zero-order valence-corrected chi connectivity index (χ0v) is 13.6. The number of nitro groups is 1. The Bertz CT molecular complexity index is 936. The number of aryl methyl sites for hydroxylation is 1. The first-order valence-electron chi connectivity index (χ1n) is 7.76. The molecule has 3 rings (SSSR count). The van der Waals surface area contributed by atoms with Crippen molar-refractivity contribution in [3.05, 3.63) is 99.9 Å². The zero-order chi connectivity index (χ0) is 17.8. The van der Waals surface area contributed by atoms with Crippen LogP contribution in [0.3, 0.4) is 0 Å². The number of allylic oxidation sites excluding steroid dienone is 1. The molecule has 0 aliphatic rings. The van der Waals surface area contributed by atoms with Gasteiger partial charge in [-0.15, -0.1) is 0 Å². The van der Waals surface area contributed by atoms with Gasteiger partial charge in [0, 0.05) is 35.3 Å². The van der Waals surface area contributed by atoms with Crippen LogP contribution in [0, 0.1) is 17.0 Å². The molecule has 0 N–H and O–H groups in total. The molecule has 0 spiro atoms. The van der Waals surface area contributed by atoms with Crippen LogP contribution in [0.2, 0.25) is 0 Å². The van der Waals surface area contributed by atoms with Crippen LogP contribution in [0.15, 0.2) is 72.9 Å². The van der Waals surface area contributed by atoms with Gasteiger partial charge in [-0.1, -0.05) is 29.8 Å². The Balaban J connectivity index is 1.82. The standard InChI is InChI=1S/C20H16N2O3/c1-15-4-6-16(7-5-15)20(23)13-12-17-3-2-14-21(17)18-8-10-19(11-9-18)22(24)25/h2-14H,1H3/b13-12+. The summed E-state index contributed by atoms with van der Waals surface area (Å²) in [5.41, 5.74) is 3.39. The normalized spacial score (nSPS) is 10.9. The molecule has 0 saturated carbocycles.